The van der Waals surface area contributed by atoms with E-state index in [0.29, 0.717) is 17.5 Å². The molecule has 2 rings (SSSR count). The number of nitrogens with zero attached hydrogens (tertiary/aromatic N) is 3. The minimum atomic E-state index is 0.414. The molecule has 0 unspecified atom stereocenters. The van der Waals surface area contributed by atoms with Crippen LogP contribution in [0.4, 0.5) is 0 Å². The van der Waals surface area contributed by atoms with Crippen LogP contribution in [0.25, 0.3) is 11.0 Å². The third-order valence-electron chi connectivity index (χ3n) is 3.54. The quantitative estimate of drug-likeness (QED) is 0.773. The van der Waals surface area contributed by atoms with Gasteiger partial charge in [0.15, 0.2) is 0 Å². The van der Waals surface area contributed by atoms with E-state index in [9.17, 15) is 5.26 Å². The molecule has 4 heteroatoms. The molecule has 3 nitrogen and oxygen atoms in total. The van der Waals surface area contributed by atoms with Crippen molar-refractivity contribution in [2.75, 3.05) is 5.88 Å². The first-order valence-corrected chi connectivity index (χ1v) is 7.26. The highest BCUT2D eigenvalue weighted by Crippen LogP contribution is 2.27. The highest BCUT2D eigenvalue weighted by molar-refractivity contribution is 6.17. The van der Waals surface area contributed by atoms with Gasteiger partial charge in [0.2, 0.25) is 0 Å². The van der Waals surface area contributed by atoms with E-state index in [0.717, 1.165) is 36.1 Å². The molecule has 0 fully saturated rings. The number of fused-ring (bicyclic) bond motifs is 1. The van der Waals surface area contributed by atoms with Crippen molar-refractivity contribution in [2.24, 2.45) is 0 Å². The highest BCUT2D eigenvalue weighted by Gasteiger charge is 2.17. The van der Waals surface area contributed by atoms with Crippen LogP contribution in [0.15, 0.2) is 18.2 Å². The number of aromatic nitrogens is 2. The topological polar surface area (TPSA) is 41.6 Å². The van der Waals surface area contributed by atoms with Gasteiger partial charge in [0.1, 0.15) is 17.4 Å². The van der Waals surface area contributed by atoms with Crippen molar-refractivity contribution in [1.82, 2.24) is 9.55 Å². The fourth-order valence-corrected chi connectivity index (χ4v) is 2.75. The standard InChI is InChI=1S/C15H18ClN3/c1-3-12(4-2)19-13-7-5-6-11(10-17)15(13)18-14(19)8-9-16/h5-7,12H,3-4,8-9H2,1-2H3. The molecule has 100 valence electrons. The van der Waals surface area contributed by atoms with Gasteiger partial charge in [-0.2, -0.15) is 5.26 Å². The molecular formula is C15H18ClN3. The third kappa shape index (κ3) is 2.46. The predicted molar refractivity (Wildman–Crippen MR) is 78.5 cm³/mol. The number of hydrogen-bond donors (Lipinski definition) is 0. The fraction of sp³-hybridized carbons (Fsp3) is 0.467. The number of aryl methyl sites for hydroxylation is 1. The first kappa shape index (κ1) is 13.9. The summed E-state index contributed by atoms with van der Waals surface area (Å²) in [7, 11) is 0. The normalized spacial score (nSPS) is 11.1. The van der Waals surface area contributed by atoms with Crippen molar-refractivity contribution < 1.29 is 0 Å². The lowest BCUT2D eigenvalue weighted by Gasteiger charge is -2.18. The Balaban J connectivity index is 2.71. The van der Waals surface area contributed by atoms with Crippen LogP contribution < -0.4 is 0 Å². The molecule has 2 aromatic rings. The van der Waals surface area contributed by atoms with Crippen molar-refractivity contribution in [3.8, 4) is 6.07 Å². The van der Waals surface area contributed by atoms with Crippen molar-refractivity contribution in [2.45, 2.75) is 39.2 Å². The SMILES string of the molecule is CCC(CC)n1c(CCCl)nc2c(C#N)cccc21. The van der Waals surface area contributed by atoms with E-state index in [4.69, 9.17) is 11.6 Å². The Morgan fingerprint density at radius 2 is 2.11 bits per heavy atom. The predicted octanol–water partition coefficient (Wildman–Crippen LogP) is 4.05. The minimum absolute atomic E-state index is 0.414. The highest BCUT2D eigenvalue weighted by atomic mass is 35.5. The van der Waals surface area contributed by atoms with Crippen molar-refractivity contribution in [3.63, 3.8) is 0 Å². The monoisotopic (exact) mass is 275 g/mol. The van der Waals surface area contributed by atoms with Gasteiger partial charge in [-0.25, -0.2) is 4.98 Å². The maximum atomic E-state index is 9.19. The molecule has 19 heavy (non-hydrogen) atoms. The van der Waals surface area contributed by atoms with Crippen LogP contribution in [0.5, 0.6) is 0 Å². The minimum Gasteiger partial charge on any atom is -0.325 e. The molecule has 0 amide bonds. The van der Waals surface area contributed by atoms with E-state index in [1.54, 1.807) is 0 Å². The number of para-hydroxylation sites is 1. The van der Waals surface area contributed by atoms with Crippen LogP contribution in [0, 0.1) is 11.3 Å². The van der Waals surface area contributed by atoms with Crippen LogP contribution in [-0.2, 0) is 6.42 Å². The zero-order valence-corrected chi connectivity index (χ0v) is 12.1. The summed E-state index contributed by atoms with van der Waals surface area (Å²) in [6.07, 6.45) is 2.83. The van der Waals surface area contributed by atoms with Crippen LogP contribution >= 0.6 is 11.6 Å². The summed E-state index contributed by atoms with van der Waals surface area (Å²) >= 11 is 5.88. The summed E-state index contributed by atoms with van der Waals surface area (Å²) in [6, 6.07) is 8.41. The first-order valence-electron chi connectivity index (χ1n) is 6.72. The van der Waals surface area contributed by atoms with Gasteiger partial charge >= 0.3 is 0 Å². The number of hydrogen-bond acceptors (Lipinski definition) is 2. The second kappa shape index (κ2) is 6.08. The van der Waals surface area contributed by atoms with Gasteiger partial charge in [-0.05, 0) is 25.0 Å². The molecule has 0 spiro atoms. The molecule has 0 N–H and O–H groups in total. The molecule has 0 aliphatic heterocycles. The number of alkyl halides is 1. The first-order chi connectivity index (χ1) is 9.26. The zero-order valence-electron chi connectivity index (χ0n) is 11.4. The molecule has 1 aromatic carbocycles. The Hall–Kier alpha value is -1.53. The number of nitriles is 1. The lowest BCUT2D eigenvalue weighted by Crippen LogP contribution is -2.11. The molecule has 1 heterocycles. The van der Waals surface area contributed by atoms with E-state index in [1.165, 1.54) is 0 Å². The van der Waals surface area contributed by atoms with Gasteiger partial charge in [-0.3, -0.25) is 0 Å². The second-order valence-corrected chi connectivity index (χ2v) is 4.97. The van der Waals surface area contributed by atoms with Crippen LogP contribution in [0.2, 0.25) is 0 Å². The van der Waals surface area contributed by atoms with Gasteiger partial charge in [0, 0.05) is 18.3 Å². The molecule has 0 atom stereocenters. The smallest absolute Gasteiger partial charge is 0.111 e. The summed E-state index contributed by atoms with van der Waals surface area (Å²) in [5.41, 5.74) is 2.49. The lowest BCUT2D eigenvalue weighted by atomic mass is 10.1. The number of imidazole rings is 1. The molecule has 0 radical (unpaired) electrons. The largest absolute Gasteiger partial charge is 0.325 e. The average molecular weight is 276 g/mol. The van der Waals surface area contributed by atoms with Crippen molar-refractivity contribution in [1.29, 1.82) is 5.26 Å². The van der Waals surface area contributed by atoms with Gasteiger partial charge in [0.25, 0.3) is 0 Å². The molecule has 1 aromatic heterocycles. The number of halogens is 1. The van der Waals surface area contributed by atoms with E-state index < -0.39 is 0 Å². The Morgan fingerprint density at radius 1 is 1.37 bits per heavy atom. The summed E-state index contributed by atoms with van der Waals surface area (Å²) in [5, 5.41) is 9.19. The molecule has 0 saturated heterocycles. The van der Waals surface area contributed by atoms with Crippen LogP contribution in [-0.4, -0.2) is 15.4 Å². The summed E-state index contributed by atoms with van der Waals surface area (Å²) in [5.74, 6) is 1.53. The van der Waals surface area contributed by atoms with E-state index in [2.05, 4.69) is 29.5 Å². The van der Waals surface area contributed by atoms with Gasteiger partial charge in [0.05, 0.1) is 11.1 Å². The number of rotatable bonds is 5. The van der Waals surface area contributed by atoms with E-state index in [-0.39, 0.29) is 0 Å². The van der Waals surface area contributed by atoms with Crippen molar-refractivity contribution >= 4 is 22.6 Å². The number of benzene rings is 1. The van der Waals surface area contributed by atoms with E-state index >= 15 is 0 Å². The molecule has 0 aliphatic rings. The molecule has 0 saturated carbocycles. The van der Waals surface area contributed by atoms with Gasteiger partial charge in [-0.15, -0.1) is 11.6 Å². The fourth-order valence-electron chi connectivity index (χ4n) is 2.58. The Kier molecular flexibility index (Phi) is 4.44. The van der Waals surface area contributed by atoms with Gasteiger partial charge in [-0.1, -0.05) is 19.9 Å². The molecule has 0 bridgehead atoms. The van der Waals surface area contributed by atoms with Crippen molar-refractivity contribution in [3.05, 3.63) is 29.6 Å². The second-order valence-electron chi connectivity index (χ2n) is 4.59. The lowest BCUT2D eigenvalue weighted by molar-refractivity contribution is 0.468. The van der Waals surface area contributed by atoms with Gasteiger partial charge < -0.3 is 4.57 Å². The third-order valence-corrected chi connectivity index (χ3v) is 3.73. The van der Waals surface area contributed by atoms with E-state index in [1.807, 2.05) is 18.2 Å². The summed E-state index contributed by atoms with van der Waals surface area (Å²) < 4.78 is 2.26. The summed E-state index contributed by atoms with van der Waals surface area (Å²) in [6.45, 7) is 4.36. The maximum absolute atomic E-state index is 9.19. The Morgan fingerprint density at radius 3 is 2.68 bits per heavy atom. The Labute approximate surface area is 118 Å². The Bertz CT molecular complexity index is 606. The molecule has 0 aliphatic carbocycles. The molecular weight excluding hydrogens is 258 g/mol. The zero-order chi connectivity index (χ0) is 13.8. The maximum Gasteiger partial charge on any atom is 0.111 e. The summed E-state index contributed by atoms with van der Waals surface area (Å²) in [4.78, 5) is 4.65. The van der Waals surface area contributed by atoms with Crippen LogP contribution in [0.3, 0.4) is 0 Å². The average Bonchev–Trinajstić information content (AvgIpc) is 2.79. The van der Waals surface area contributed by atoms with Crippen LogP contribution in [0.1, 0.15) is 44.1 Å².